The van der Waals surface area contributed by atoms with E-state index >= 15 is 0 Å². The van der Waals surface area contributed by atoms with Crippen LogP contribution < -0.4 is 71.4 Å². The summed E-state index contributed by atoms with van der Waals surface area (Å²) >= 11 is 0. The number of hydrogen-bond acceptors (Lipinski definition) is 11. The summed E-state index contributed by atoms with van der Waals surface area (Å²) < 4.78 is 30.4. The molecule has 45 heavy (non-hydrogen) atoms. The van der Waals surface area contributed by atoms with E-state index < -0.39 is 17.9 Å². The number of halogens is 1. The molecule has 11 nitrogen and oxygen atoms in total. The molecule has 6 rings (SSSR count). The molecule has 2 aromatic carbocycles. The van der Waals surface area contributed by atoms with Crippen molar-refractivity contribution in [3.8, 4) is 23.2 Å². The van der Waals surface area contributed by atoms with Gasteiger partial charge in [-0.05, 0) is 42.5 Å². The monoisotopic (exact) mass is 643 g/mol. The predicted molar refractivity (Wildman–Crippen MR) is 163 cm³/mol. The first kappa shape index (κ1) is 35.6. The van der Waals surface area contributed by atoms with Gasteiger partial charge in [0.1, 0.15) is 24.3 Å². The summed E-state index contributed by atoms with van der Waals surface area (Å²) in [5, 5.41) is 23.0. The molecular weight excluding hydrogens is 604 g/mol. The zero-order valence-electron chi connectivity index (χ0n) is 26.4. The normalized spacial score (nSPS) is 20.5. The first-order chi connectivity index (χ1) is 21.2. The minimum absolute atomic E-state index is 0. The van der Waals surface area contributed by atoms with Gasteiger partial charge in [-0.2, -0.15) is 10.2 Å². The predicted octanol–water partition coefficient (Wildman–Crippen LogP) is 0.330. The van der Waals surface area contributed by atoms with E-state index in [1.165, 1.54) is 12.0 Å². The number of aromatic nitrogens is 3. The van der Waals surface area contributed by atoms with Gasteiger partial charge in [0.2, 0.25) is 5.95 Å². The number of nitriles is 1. The topological polar surface area (TPSA) is 132 Å². The molecule has 0 amide bonds. The number of rotatable bonds is 7. The van der Waals surface area contributed by atoms with E-state index in [2.05, 4.69) is 48.3 Å². The Labute approximate surface area is 306 Å². The Bertz CT molecular complexity index is 1420. The van der Waals surface area contributed by atoms with Crippen LogP contribution in [0.3, 0.4) is 0 Å². The van der Waals surface area contributed by atoms with Crippen molar-refractivity contribution in [3.63, 3.8) is 0 Å². The Morgan fingerprint density at radius 1 is 1.02 bits per heavy atom. The van der Waals surface area contributed by atoms with Crippen molar-refractivity contribution in [1.29, 1.82) is 5.26 Å². The first-order valence-electron chi connectivity index (χ1n) is 14.9. The van der Waals surface area contributed by atoms with Crippen LogP contribution in [0, 0.1) is 11.3 Å². The smallest absolute Gasteiger partial charge is 0.850 e. The van der Waals surface area contributed by atoms with Crippen LogP contribution in [0.15, 0.2) is 48.8 Å². The van der Waals surface area contributed by atoms with Crippen LogP contribution in [0.25, 0.3) is 11.4 Å². The van der Waals surface area contributed by atoms with Crippen molar-refractivity contribution in [2.75, 3.05) is 62.8 Å². The van der Waals surface area contributed by atoms with Crippen molar-refractivity contribution in [1.82, 2.24) is 19.9 Å². The zero-order valence-corrected chi connectivity index (χ0v) is 29.5. The molecule has 0 bridgehead atoms. The van der Waals surface area contributed by atoms with Crippen molar-refractivity contribution < 1.29 is 75.1 Å². The summed E-state index contributed by atoms with van der Waals surface area (Å²) in [5.74, 6) is 1.14. The van der Waals surface area contributed by atoms with Crippen LogP contribution in [0.2, 0.25) is 0 Å². The Morgan fingerprint density at radius 3 is 2.36 bits per heavy atom. The van der Waals surface area contributed by atoms with E-state index in [1.54, 1.807) is 39.0 Å². The Hall–Kier alpha value is -2.25. The van der Waals surface area contributed by atoms with E-state index in [-0.39, 0.29) is 58.0 Å². The van der Waals surface area contributed by atoms with E-state index in [4.69, 9.17) is 14.2 Å². The fourth-order valence-electron chi connectivity index (χ4n) is 5.00. The van der Waals surface area contributed by atoms with Crippen LogP contribution in [0.5, 0.6) is 5.75 Å². The number of anilines is 3. The maximum absolute atomic E-state index is 14.1. The van der Waals surface area contributed by atoms with Gasteiger partial charge in [0.15, 0.2) is 12.0 Å². The van der Waals surface area contributed by atoms with Gasteiger partial charge in [-0.1, -0.05) is 20.8 Å². The molecule has 1 N–H and O–H groups in total. The molecule has 3 saturated heterocycles. The fraction of sp³-hybridized carbons (Fsp3) is 0.500. The molecule has 3 aliphatic heterocycles. The van der Waals surface area contributed by atoms with Gasteiger partial charge in [-0.3, -0.25) is 4.90 Å². The van der Waals surface area contributed by atoms with Crippen molar-refractivity contribution >= 4 is 17.3 Å². The van der Waals surface area contributed by atoms with E-state index in [9.17, 15) is 14.8 Å². The SMILES string of the molecule is CC(C)(C)[O-].N#Cc1cc(-c2ncnc(Nc3ccc(N4CCN(C5COC5)CC4)cc3)n2)ccc1O[C@H]1CCOC[C@H]1F.[K+]. The number of piperazine rings is 1. The quantitative estimate of drug-likeness (QED) is 0.358. The molecule has 3 aliphatic rings. The molecule has 3 fully saturated rings. The minimum Gasteiger partial charge on any atom is -0.850 e. The molecule has 0 saturated carbocycles. The molecule has 2 atom stereocenters. The number of nitrogens with one attached hydrogen (secondary N) is 1. The van der Waals surface area contributed by atoms with Crippen molar-refractivity contribution in [2.45, 2.75) is 51.1 Å². The summed E-state index contributed by atoms with van der Waals surface area (Å²) in [7, 11) is 0. The summed E-state index contributed by atoms with van der Waals surface area (Å²) in [6.07, 6.45) is -0.000782. The standard InChI is InChI=1S/C28H30FN7O3.C4H9O.K/c29-24-17-37-12-7-26(24)39-25-6-1-19(13-20(25)14-30)27-31-18-32-28(34-27)33-21-2-4-22(5-3-21)35-8-10-36(11-9-35)23-15-38-16-23;1-4(2,3)5;/h1-6,13,18,23-24,26H,7-12,15-17H2,(H,31,32,33,34);1-3H3;/q;-1;+1/t24-,26+;;/m1../s1. The van der Waals surface area contributed by atoms with E-state index in [0.29, 0.717) is 47.7 Å². The van der Waals surface area contributed by atoms with Crippen LogP contribution >= 0.6 is 0 Å². The Morgan fingerprint density at radius 2 is 1.73 bits per heavy atom. The van der Waals surface area contributed by atoms with Gasteiger partial charge in [-0.15, -0.1) is 5.60 Å². The minimum atomic E-state index is -1.23. The Kier molecular flexibility index (Phi) is 13.1. The van der Waals surface area contributed by atoms with Gasteiger partial charge >= 0.3 is 51.4 Å². The molecule has 13 heteroatoms. The summed E-state index contributed by atoms with van der Waals surface area (Å²) in [6, 6.07) is 16.0. The second kappa shape index (κ2) is 16.5. The Balaban J connectivity index is 0.000000714. The van der Waals surface area contributed by atoms with Gasteiger partial charge in [0, 0.05) is 49.5 Å². The molecule has 1 aromatic heterocycles. The number of nitrogens with zero attached hydrogens (tertiary/aromatic N) is 6. The second-order valence-corrected chi connectivity index (χ2v) is 12.0. The maximum Gasteiger partial charge on any atom is 1.00 e. The molecule has 0 radical (unpaired) electrons. The van der Waals surface area contributed by atoms with Crippen LogP contribution in [-0.4, -0.2) is 96.4 Å². The van der Waals surface area contributed by atoms with Gasteiger partial charge < -0.3 is 29.5 Å². The number of ether oxygens (including phenoxy) is 3. The first-order valence-corrected chi connectivity index (χ1v) is 14.9. The largest absolute Gasteiger partial charge is 1.00 e. The van der Waals surface area contributed by atoms with Crippen molar-refractivity contribution in [2.24, 2.45) is 0 Å². The van der Waals surface area contributed by atoms with Crippen LogP contribution in [0.1, 0.15) is 32.8 Å². The summed E-state index contributed by atoms with van der Waals surface area (Å²) in [4.78, 5) is 18.0. The third kappa shape index (κ3) is 10.4. The third-order valence-electron chi connectivity index (χ3n) is 7.38. The average Bonchev–Trinajstić information content (AvgIpc) is 2.98. The van der Waals surface area contributed by atoms with Crippen LogP contribution in [0.4, 0.5) is 21.7 Å². The van der Waals surface area contributed by atoms with E-state index in [0.717, 1.165) is 45.1 Å². The zero-order chi connectivity index (χ0) is 31.1. The van der Waals surface area contributed by atoms with Crippen molar-refractivity contribution in [3.05, 3.63) is 54.4 Å². The van der Waals surface area contributed by atoms with Gasteiger partial charge in [0.25, 0.3) is 0 Å². The fourth-order valence-corrected chi connectivity index (χ4v) is 5.00. The van der Waals surface area contributed by atoms with E-state index in [1.807, 2.05) is 12.1 Å². The number of hydrogen-bond donors (Lipinski definition) is 1. The molecule has 0 spiro atoms. The summed E-state index contributed by atoms with van der Waals surface area (Å²) in [5.41, 5.74) is 2.22. The summed E-state index contributed by atoms with van der Waals surface area (Å²) in [6.45, 7) is 11.1. The molecule has 3 aromatic rings. The molecule has 0 unspecified atom stereocenters. The molecular formula is C32H39FKN7O4. The number of alkyl halides is 1. The van der Waals surface area contributed by atoms with Gasteiger partial charge in [-0.25, -0.2) is 14.4 Å². The molecule has 234 valence electrons. The second-order valence-electron chi connectivity index (χ2n) is 12.0. The molecule has 0 aliphatic carbocycles. The molecule has 4 heterocycles. The van der Waals surface area contributed by atoms with Gasteiger partial charge in [0.05, 0.1) is 38.0 Å². The number of benzene rings is 2. The third-order valence-corrected chi connectivity index (χ3v) is 7.38. The average molecular weight is 644 g/mol. The maximum atomic E-state index is 14.1. The van der Waals surface area contributed by atoms with Crippen LogP contribution in [-0.2, 0) is 9.47 Å².